The molecule has 0 spiro atoms. The average Bonchev–Trinajstić information content (AvgIpc) is 2.29. The predicted octanol–water partition coefficient (Wildman–Crippen LogP) is 1.31. The van der Waals surface area contributed by atoms with Crippen LogP contribution in [0.3, 0.4) is 0 Å². The summed E-state index contributed by atoms with van der Waals surface area (Å²) in [5.41, 5.74) is 0. The van der Waals surface area contributed by atoms with Crippen LogP contribution in [-0.4, -0.2) is 51.7 Å². The van der Waals surface area contributed by atoms with Crippen LogP contribution in [0.4, 0.5) is 0 Å². The van der Waals surface area contributed by atoms with Crippen molar-refractivity contribution in [1.82, 2.24) is 15.5 Å². The fourth-order valence-electron chi connectivity index (χ4n) is 2.48. The summed E-state index contributed by atoms with van der Waals surface area (Å²) in [7, 11) is 6.36. The molecule has 0 saturated heterocycles. The van der Waals surface area contributed by atoms with Gasteiger partial charge in [0.25, 0.3) is 0 Å². The first-order valence-corrected chi connectivity index (χ1v) is 6.75. The molecule has 0 amide bonds. The zero-order valence-corrected chi connectivity index (χ0v) is 11.3. The van der Waals surface area contributed by atoms with Gasteiger partial charge in [-0.2, -0.15) is 0 Å². The minimum atomic E-state index is 0.782. The maximum absolute atomic E-state index is 3.60. The van der Waals surface area contributed by atoms with Gasteiger partial charge in [-0.3, -0.25) is 0 Å². The van der Waals surface area contributed by atoms with Crippen molar-refractivity contribution in [2.45, 2.75) is 38.1 Å². The lowest BCUT2D eigenvalue weighted by atomic mass is 9.86. The van der Waals surface area contributed by atoms with E-state index in [2.05, 4.69) is 36.7 Å². The van der Waals surface area contributed by atoms with Gasteiger partial charge in [-0.15, -0.1) is 0 Å². The first kappa shape index (κ1) is 13.9. The van der Waals surface area contributed by atoms with Crippen molar-refractivity contribution < 1.29 is 0 Å². The zero-order valence-electron chi connectivity index (χ0n) is 11.3. The standard InChI is InChI=1S/C13H29N3/c1-14-13-7-5-12(6-8-13)11-15-9-4-10-16(2)3/h12-15H,4-11H2,1-3H3. The van der Waals surface area contributed by atoms with Crippen molar-refractivity contribution in [3.05, 3.63) is 0 Å². The fourth-order valence-corrected chi connectivity index (χ4v) is 2.48. The molecule has 96 valence electrons. The molecule has 0 aliphatic heterocycles. The quantitative estimate of drug-likeness (QED) is 0.642. The van der Waals surface area contributed by atoms with Crippen LogP contribution >= 0.6 is 0 Å². The summed E-state index contributed by atoms with van der Waals surface area (Å²) < 4.78 is 0. The lowest BCUT2D eigenvalue weighted by Crippen LogP contribution is -2.34. The summed E-state index contributed by atoms with van der Waals surface area (Å²) in [5, 5.41) is 6.98. The zero-order chi connectivity index (χ0) is 11.8. The maximum atomic E-state index is 3.60. The van der Waals surface area contributed by atoms with Crippen molar-refractivity contribution >= 4 is 0 Å². The molecule has 0 atom stereocenters. The highest BCUT2D eigenvalue weighted by Gasteiger charge is 2.19. The molecule has 1 fully saturated rings. The van der Waals surface area contributed by atoms with E-state index < -0.39 is 0 Å². The van der Waals surface area contributed by atoms with E-state index in [9.17, 15) is 0 Å². The normalized spacial score (nSPS) is 26.2. The van der Waals surface area contributed by atoms with Crippen LogP contribution in [-0.2, 0) is 0 Å². The molecular weight excluding hydrogens is 198 g/mol. The van der Waals surface area contributed by atoms with Crippen molar-refractivity contribution in [2.75, 3.05) is 40.8 Å². The second kappa shape index (κ2) is 8.04. The van der Waals surface area contributed by atoms with E-state index in [4.69, 9.17) is 0 Å². The number of hydrogen-bond donors (Lipinski definition) is 2. The van der Waals surface area contributed by atoms with Gasteiger partial charge in [0, 0.05) is 6.04 Å². The summed E-state index contributed by atoms with van der Waals surface area (Å²) in [5.74, 6) is 0.920. The molecule has 0 heterocycles. The Labute approximate surface area is 101 Å². The Morgan fingerprint density at radius 2 is 1.81 bits per heavy atom. The van der Waals surface area contributed by atoms with Crippen LogP contribution in [0.5, 0.6) is 0 Å². The first-order valence-electron chi connectivity index (χ1n) is 6.75. The van der Waals surface area contributed by atoms with Gasteiger partial charge in [0.2, 0.25) is 0 Å². The van der Waals surface area contributed by atoms with E-state index in [0.717, 1.165) is 12.0 Å². The largest absolute Gasteiger partial charge is 0.317 e. The predicted molar refractivity (Wildman–Crippen MR) is 70.8 cm³/mol. The Morgan fingerprint density at radius 1 is 1.12 bits per heavy atom. The Morgan fingerprint density at radius 3 is 2.38 bits per heavy atom. The Hall–Kier alpha value is -0.120. The van der Waals surface area contributed by atoms with Gasteiger partial charge < -0.3 is 15.5 Å². The van der Waals surface area contributed by atoms with E-state index in [1.54, 1.807) is 0 Å². The fraction of sp³-hybridized carbons (Fsp3) is 1.00. The Kier molecular flexibility index (Phi) is 7.01. The minimum Gasteiger partial charge on any atom is -0.317 e. The summed E-state index contributed by atoms with van der Waals surface area (Å²) >= 11 is 0. The van der Waals surface area contributed by atoms with Crippen LogP contribution in [0, 0.1) is 5.92 Å². The second-order valence-electron chi connectivity index (χ2n) is 5.37. The Balaban J connectivity index is 1.94. The van der Waals surface area contributed by atoms with E-state index >= 15 is 0 Å². The topological polar surface area (TPSA) is 27.3 Å². The smallest absolute Gasteiger partial charge is 0.00642 e. The highest BCUT2D eigenvalue weighted by Crippen LogP contribution is 2.23. The van der Waals surface area contributed by atoms with Crippen LogP contribution in [0.2, 0.25) is 0 Å². The number of hydrogen-bond acceptors (Lipinski definition) is 3. The van der Waals surface area contributed by atoms with Gasteiger partial charge in [0.05, 0.1) is 0 Å². The van der Waals surface area contributed by atoms with Crippen molar-refractivity contribution in [3.63, 3.8) is 0 Å². The molecule has 0 radical (unpaired) electrons. The molecule has 1 rings (SSSR count). The van der Waals surface area contributed by atoms with E-state index in [1.165, 1.54) is 51.7 Å². The molecule has 1 aliphatic carbocycles. The third-order valence-corrected chi connectivity index (χ3v) is 3.65. The van der Waals surface area contributed by atoms with Gasteiger partial charge in [-0.1, -0.05) is 0 Å². The highest BCUT2D eigenvalue weighted by molar-refractivity contribution is 4.77. The monoisotopic (exact) mass is 227 g/mol. The maximum Gasteiger partial charge on any atom is 0.00642 e. The number of nitrogens with one attached hydrogen (secondary N) is 2. The van der Waals surface area contributed by atoms with Gasteiger partial charge >= 0.3 is 0 Å². The van der Waals surface area contributed by atoms with E-state index in [0.29, 0.717) is 0 Å². The lowest BCUT2D eigenvalue weighted by molar-refractivity contribution is 0.291. The molecule has 1 aliphatic rings. The number of nitrogens with zero attached hydrogens (tertiary/aromatic N) is 1. The third kappa shape index (κ3) is 5.83. The van der Waals surface area contributed by atoms with Gasteiger partial charge in [0.15, 0.2) is 0 Å². The highest BCUT2D eigenvalue weighted by atomic mass is 15.1. The van der Waals surface area contributed by atoms with E-state index in [-0.39, 0.29) is 0 Å². The van der Waals surface area contributed by atoms with Gasteiger partial charge in [0.1, 0.15) is 0 Å². The number of rotatable bonds is 7. The van der Waals surface area contributed by atoms with Crippen molar-refractivity contribution in [1.29, 1.82) is 0 Å². The summed E-state index contributed by atoms with van der Waals surface area (Å²) in [6.07, 6.45) is 6.78. The Bertz CT molecular complexity index is 163. The van der Waals surface area contributed by atoms with E-state index in [1.807, 2.05) is 0 Å². The SMILES string of the molecule is CNC1CCC(CNCCCN(C)C)CC1. The molecule has 0 bridgehead atoms. The second-order valence-corrected chi connectivity index (χ2v) is 5.37. The van der Waals surface area contributed by atoms with Crippen molar-refractivity contribution in [2.24, 2.45) is 5.92 Å². The van der Waals surface area contributed by atoms with Crippen LogP contribution in [0.1, 0.15) is 32.1 Å². The molecule has 0 aromatic carbocycles. The molecule has 0 unspecified atom stereocenters. The third-order valence-electron chi connectivity index (χ3n) is 3.65. The van der Waals surface area contributed by atoms with Crippen molar-refractivity contribution in [3.8, 4) is 0 Å². The lowest BCUT2D eigenvalue weighted by Gasteiger charge is -2.28. The molecule has 0 aromatic heterocycles. The minimum absolute atomic E-state index is 0.782. The molecular formula is C13H29N3. The summed E-state index contributed by atoms with van der Waals surface area (Å²) in [6, 6.07) is 0.782. The summed E-state index contributed by atoms with van der Waals surface area (Å²) in [6.45, 7) is 3.59. The molecule has 1 saturated carbocycles. The molecule has 16 heavy (non-hydrogen) atoms. The molecule has 3 heteroatoms. The van der Waals surface area contributed by atoms with Crippen LogP contribution < -0.4 is 10.6 Å². The molecule has 0 aromatic rings. The molecule has 3 nitrogen and oxygen atoms in total. The van der Waals surface area contributed by atoms with Gasteiger partial charge in [-0.25, -0.2) is 0 Å². The van der Waals surface area contributed by atoms with Gasteiger partial charge in [-0.05, 0) is 78.8 Å². The summed E-state index contributed by atoms with van der Waals surface area (Å²) in [4.78, 5) is 2.25. The van der Waals surface area contributed by atoms with Crippen LogP contribution in [0.15, 0.2) is 0 Å². The van der Waals surface area contributed by atoms with Crippen LogP contribution in [0.25, 0.3) is 0 Å². The average molecular weight is 227 g/mol. The molecule has 2 N–H and O–H groups in total. The first-order chi connectivity index (χ1) is 7.72.